The quantitative estimate of drug-likeness (QED) is 0.590. The molecule has 3 rings (SSSR count). The minimum atomic E-state index is -0.353. The van der Waals surface area contributed by atoms with Crippen LogP contribution in [-0.4, -0.2) is 9.97 Å². The van der Waals surface area contributed by atoms with E-state index in [-0.39, 0.29) is 11.1 Å². The lowest BCUT2D eigenvalue weighted by Gasteiger charge is -2.03. The fourth-order valence-corrected chi connectivity index (χ4v) is 1.94. The number of hydrogen-bond donors (Lipinski definition) is 1. The van der Waals surface area contributed by atoms with Crippen LogP contribution in [0.1, 0.15) is 5.56 Å². The zero-order chi connectivity index (χ0) is 11.8. The maximum absolute atomic E-state index is 11.5. The molecule has 0 fully saturated rings. The normalized spacial score (nSPS) is 10.5. The second-order valence-electron chi connectivity index (χ2n) is 3.75. The topological polar surface area (TPSA) is 69.5 Å². The molecule has 0 spiro atoms. The van der Waals surface area contributed by atoms with Crippen molar-refractivity contribution in [1.82, 2.24) is 9.97 Å². The lowest BCUT2D eigenvalue weighted by molar-refractivity contribution is 1.28. The molecular weight excluding hydrogens is 214 g/mol. The molecule has 4 heteroatoms. The molecule has 0 bridgehead atoms. The van der Waals surface area contributed by atoms with Crippen LogP contribution in [0.4, 0.5) is 0 Å². The van der Waals surface area contributed by atoms with Gasteiger partial charge < -0.3 is 4.98 Å². The molecular formula is C13H7N3O. The van der Waals surface area contributed by atoms with Crippen molar-refractivity contribution in [2.24, 2.45) is 0 Å². The van der Waals surface area contributed by atoms with Crippen LogP contribution in [0.15, 0.2) is 41.5 Å². The Labute approximate surface area is 96.2 Å². The summed E-state index contributed by atoms with van der Waals surface area (Å²) in [5, 5.41) is 11.7. The fourth-order valence-electron chi connectivity index (χ4n) is 1.94. The van der Waals surface area contributed by atoms with Crippen LogP contribution in [0.3, 0.4) is 0 Å². The van der Waals surface area contributed by atoms with Crippen LogP contribution in [0.25, 0.3) is 21.7 Å². The van der Waals surface area contributed by atoms with Gasteiger partial charge in [-0.2, -0.15) is 5.26 Å². The van der Waals surface area contributed by atoms with Gasteiger partial charge in [0, 0.05) is 28.7 Å². The van der Waals surface area contributed by atoms with Crippen molar-refractivity contribution in [2.75, 3.05) is 0 Å². The summed E-state index contributed by atoms with van der Waals surface area (Å²) in [6.07, 6.45) is 3.45. The lowest BCUT2D eigenvalue weighted by atomic mass is 10.1. The Balaban J connectivity index is 2.58. The first-order valence-electron chi connectivity index (χ1n) is 5.09. The maximum Gasteiger partial charge on any atom is 0.266 e. The van der Waals surface area contributed by atoms with Crippen LogP contribution < -0.4 is 5.56 Å². The average molecular weight is 221 g/mol. The molecule has 3 aromatic rings. The second kappa shape index (κ2) is 3.42. The van der Waals surface area contributed by atoms with Crippen LogP contribution in [0.2, 0.25) is 0 Å². The van der Waals surface area contributed by atoms with Gasteiger partial charge in [-0.05, 0) is 23.6 Å². The highest BCUT2D eigenvalue weighted by molar-refractivity contribution is 6.05. The van der Waals surface area contributed by atoms with Crippen molar-refractivity contribution < 1.29 is 0 Å². The molecule has 17 heavy (non-hydrogen) atoms. The molecule has 0 saturated carbocycles. The van der Waals surface area contributed by atoms with Crippen molar-refractivity contribution in [3.05, 3.63) is 52.6 Å². The first-order chi connectivity index (χ1) is 8.29. The summed E-state index contributed by atoms with van der Waals surface area (Å²) in [6, 6.07) is 9.10. The van der Waals surface area contributed by atoms with Gasteiger partial charge in [0.2, 0.25) is 0 Å². The third kappa shape index (κ3) is 1.37. The molecule has 0 aliphatic heterocycles. The molecule has 2 aromatic heterocycles. The second-order valence-corrected chi connectivity index (χ2v) is 3.75. The molecule has 0 saturated heterocycles. The Morgan fingerprint density at radius 1 is 1.24 bits per heavy atom. The average Bonchev–Trinajstić information content (AvgIpc) is 2.37. The van der Waals surface area contributed by atoms with Gasteiger partial charge in [0.05, 0.1) is 0 Å². The van der Waals surface area contributed by atoms with E-state index in [1.165, 1.54) is 0 Å². The number of fused-ring (bicyclic) bond motifs is 3. The maximum atomic E-state index is 11.5. The highest BCUT2D eigenvalue weighted by Crippen LogP contribution is 2.22. The Morgan fingerprint density at radius 3 is 2.94 bits per heavy atom. The predicted octanol–water partition coefficient (Wildman–Crippen LogP) is 1.95. The smallest absolute Gasteiger partial charge is 0.266 e. The van der Waals surface area contributed by atoms with Gasteiger partial charge in [-0.25, -0.2) is 0 Å². The van der Waals surface area contributed by atoms with Gasteiger partial charge in [0.25, 0.3) is 5.56 Å². The number of nitriles is 1. The van der Waals surface area contributed by atoms with E-state index >= 15 is 0 Å². The molecule has 0 amide bonds. The van der Waals surface area contributed by atoms with E-state index in [0.29, 0.717) is 0 Å². The van der Waals surface area contributed by atoms with Crippen molar-refractivity contribution in [2.45, 2.75) is 0 Å². The van der Waals surface area contributed by atoms with Gasteiger partial charge in [-0.1, -0.05) is 6.07 Å². The molecule has 0 atom stereocenters. The zero-order valence-corrected chi connectivity index (χ0v) is 8.77. The van der Waals surface area contributed by atoms with E-state index in [2.05, 4.69) is 9.97 Å². The standard InChI is InChI=1S/C13H7N3O/c14-6-9-5-11-10-3-4-15-7-8(10)1-2-12(11)16-13(9)17/h1-5,7H,(H,16,17). The molecule has 2 heterocycles. The minimum absolute atomic E-state index is 0.127. The number of H-pyrrole nitrogens is 1. The van der Waals surface area contributed by atoms with Gasteiger partial charge >= 0.3 is 0 Å². The number of benzene rings is 1. The Kier molecular flexibility index (Phi) is 1.92. The molecule has 1 aromatic carbocycles. The zero-order valence-electron chi connectivity index (χ0n) is 8.77. The van der Waals surface area contributed by atoms with Crippen molar-refractivity contribution in [3.8, 4) is 6.07 Å². The summed E-state index contributed by atoms with van der Waals surface area (Å²) in [5.41, 5.74) is 0.503. The first kappa shape index (κ1) is 9.55. The lowest BCUT2D eigenvalue weighted by Crippen LogP contribution is -2.09. The number of pyridine rings is 2. The molecule has 0 aliphatic carbocycles. The van der Waals surface area contributed by atoms with Crippen molar-refractivity contribution in [3.63, 3.8) is 0 Å². The van der Waals surface area contributed by atoms with E-state index in [9.17, 15) is 4.79 Å². The largest absolute Gasteiger partial charge is 0.321 e. The highest BCUT2D eigenvalue weighted by atomic mass is 16.1. The number of rotatable bonds is 0. The SMILES string of the molecule is N#Cc1cc2c(ccc3cnccc32)[nH]c1=O. The van der Waals surface area contributed by atoms with Gasteiger partial charge in [-0.3, -0.25) is 9.78 Å². The molecule has 80 valence electrons. The molecule has 0 radical (unpaired) electrons. The number of hydrogen-bond acceptors (Lipinski definition) is 3. The third-order valence-corrected chi connectivity index (χ3v) is 2.76. The third-order valence-electron chi connectivity index (χ3n) is 2.76. The first-order valence-corrected chi connectivity index (χ1v) is 5.09. The predicted molar refractivity (Wildman–Crippen MR) is 64.6 cm³/mol. The van der Waals surface area contributed by atoms with Crippen molar-refractivity contribution >= 4 is 21.7 Å². The summed E-state index contributed by atoms with van der Waals surface area (Å²) in [4.78, 5) is 18.3. The van der Waals surface area contributed by atoms with E-state index in [0.717, 1.165) is 21.7 Å². The number of aromatic amines is 1. The van der Waals surface area contributed by atoms with Crippen LogP contribution in [-0.2, 0) is 0 Å². The molecule has 4 nitrogen and oxygen atoms in total. The molecule has 0 unspecified atom stereocenters. The van der Waals surface area contributed by atoms with E-state index in [1.54, 1.807) is 18.5 Å². The van der Waals surface area contributed by atoms with Gasteiger partial charge in [-0.15, -0.1) is 0 Å². The van der Waals surface area contributed by atoms with E-state index in [1.807, 2.05) is 24.3 Å². The molecule has 1 N–H and O–H groups in total. The highest BCUT2D eigenvalue weighted by Gasteiger charge is 2.05. The summed E-state index contributed by atoms with van der Waals surface area (Å²) in [5.74, 6) is 0. The monoisotopic (exact) mass is 221 g/mol. The Bertz CT molecular complexity index is 827. The summed E-state index contributed by atoms with van der Waals surface area (Å²) >= 11 is 0. The number of nitrogens with one attached hydrogen (secondary N) is 1. The number of aromatic nitrogens is 2. The molecule has 0 aliphatic rings. The fraction of sp³-hybridized carbons (Fsp3) is 0. The number of nitrogens with zero attached hydrogens (tertiary/aromatic N) is 2. The van der Waals surface area contributed by atoms with Crippen LogP contribution >= 0.6 is 0 Å². The Hall–Kier alpha value is -2.67. The minimum Gasteiger partial charge on any atom is -0.321 e. The Morgan fingerprint density at radius 2 is 2.12 bits per heavy atom. The van der Waals surface area contributed by atoms with Gasteiger partial charge in [0.1, 0.15) is 11.6 Å². The van der Waals surface area contributed by atoms with E-state index in [4.69, 9.17) is 5.26 Å². The van der Waals surface area contributed by atoms with Gasteiger partial charge in [0.15, 0.2) is 0 Å². The summed E-state index contributed by atoms with van der Waals surface area (Å²) < 4.78 is 0. The van der Waals surface area contributed by atoms with Crippen LogP contribution in [0, 0.1) is 11.3 Å². The summed E-state index contributed by atoms with van der Waals surface area (Å²) in [6.45, 7) is 0. The van der Waals surface area contributed by atoms with Crippen molar-refractivity contribution in [1.29, 1.82) is 5.26 Å². The summed E-state index contributed by atoms with van der Waals surface area (Å²) in [7, 11) is 0. The van der Waals surface area contributed by atoms with Crippen LogP contribution in [0.5, 0.6) is 0 Å². The van der Waals surface area contributed by atoms with E-state index < -0.39 is 0 Å².